The lowest BCUT2D eigenvalue weighted by Gasteiger charge is -2.10. The lowest BCUT2D eigenvalue weighted by molar-refractivity contribution is 0.0954. The first-order valence-electron chi connectivity index (χ1n) is 5.69. The summed E-state index contributed by atoms with van der Waals surface area (Å²) in [4.78, 5) is 11.9. The summed E-state index contributed by atoms with van der Waals surface area (Å²) >= 11 is 0. The Morgan fingerprint density at radius 3 is 2.63 bits per heavy atom. The Hall–Kier alpha value is -1.64. The Labute approximate surface area is 112 Å². The molecule has 8 heteroatoms. The summed E-state index contributed by atoms with van der Waals surface area (Å²) in [6, 6.07) is 5.23. The zero-order valence-corrected chi connectivity index (χ0v) is 11.5. The van der Waals surface area contributed by atoms with Gasteiger partial charge in [0.25, 0.3) is 5.91 Å². The van der Waals surface area contributed by atoms with Crippen LogP contribution in [0.4, 0.5) is 5.69 Å². The number of sulfonamides is 1. The second kappa shape index (κ2) is 6.50. The predicted molar refractivity (Wildman–Crippen MR) is 73.9 cm³/mol. The second-order valence-electron chi connectivity index (χ2n) is 4.17. The first-order valence-corrected chi connectivity index (χ1v) is 7.41. The number of hydrogen-bond donors (Lipinski definition) is 4. The van der Waals surface area contributed by atoms with Gasteiger partial charge in [0.2, 0.25) is 10.0 Å². The minimum atomic E-state index is -3.49. The quantitative estimate of drug-likeness (QED) is 0.324. The maximum atomic E-state index is 11.9. The van der Waals surface area contributed by atoms with Crippen LogP contribution in [0.1, 0.15) is 22.3 Å². The van der Waals surface area contributed by atoms with Crippen LogP contribution in [0.15, 0.2) is 18.2 Å². The van der Waals surface area contributed by atoms with E-state index >= 15 is 0 Å². The average Bonchev–Trinajstić information content (AvgIpc) is 2.33. The molecule has 0 fully saturated rings. The van der Waals surface area contributed by atoms with Gasteiger partial charge in [-0.1, -0.05) is 11.6 Å². The van der Waals surface area contributed by atoms with Crippen molar-refractivity contribution >= 4 is 21.6 Å². The molecule has 0 unspecified atom stereocenters. The lowest BCUT2D eigenvalue weighted by atomic mass is 10.1. The van der Waals surface area contributed by atoms with Crippen molar-refractivity contribution in [3.63, 3.8) is 0 Å². The molecule has 0 aliphatic carbocycles. The largest absolute Gasteiger partial charge is 0.352 e. The topological polar surface area (TPSA) is 127 Å². The van der Waals surface area contributed by atoms with Crippen LogP contribution < -0.4 is 21.7 Å². The van der Waals surface area contributed by atoms with Crippen molar-refractivity contribution in [3.8, 4) is 0 Å². The summed E-state index contributed by atoms with van der Waals surface area (Å²) in [5, 5.41) is 7.48. The summed E-state index contributed by atoms with van der Waals surface area (Å²) in [5.41, 5.74) is 4.29. The molecule has 1 rings (SSSR count). The number of nitrogen functional groups attached to an aromatic ring is 1. The monoisotopic (exact) mass is 286 g/mol. The van der Waals surface area contributed by atoms with E-state index in [0.29, 0.717) is 11.3 Å². The first-order chi connectivity index (χ1) is 8.83. The number of hydrazine groups is 1. The van der Waals surface area contributed by atoms with Crippen molar-refractivity contribution in [2.24, 2.45) is 11.0 Å². The molecule has 106 valence electrons. The number of anilines is 1. The average molecular weight is 286 g/mol. The van der Waals surface area contributed by atoms with E-state index in [2.05, 4.69) is 10.7 Å². The first kappa shape index (κ1) is 15.4. The van der Waals surface area contributed by atoms with E-state index in [1.54, 1.807) is 12.1 Å². The molecule has 19 heavy (non-hydrogen) atoms. The molecule has 7 nitrogen and oxygen atoms in total. The van der Waals surface area contributed by atoms with Crippen molar-refractivity contribution < 1.29 is 13.2 Å². The Morgan fingerprint density at radius 1 is 1.37 bits per heavy atom. The highest BCUT2D eigenvalue weighted by molar-refractivity contribution is 7.89. The van der Waals surface area contributed by atoms with Crippen LogP contribution in [-0.4, -0.2) is 26.6 Å². The molecule has 0 atom stereocenters. The lowest BCUT2D eigenvalue weighted by Crippen LogP contribution is -2.28. The zero-order valence-electron chi connectivity index (χ0n) is 10.6. The molecule has 0 aliphatic rings. The number of rotatable bonds is 6. The molecule has 0 bridgehead atoms. The maximum absolute atomic E-state index is 11.9. The molecule has 0 aliphatic heterocycles. The van der Waals surface area contributed by atoms with Gasteiger partial charge in [0.1, 0.15) is 0 Å². The third-order valence-electron chi connectivity index (χ3n) is 2.47. The highest BCUT2D eigenvalue weighted by Gasteiger charge is 2.11. The summed E-state index contributed by atoms with van der Waals surface area (Å²) in [6.45, 7) is 2.09. The number of primary sulfonamides is 1. The van der Waals surface area contributed by atoms with E-state index < -0.39 is 10.0 Å². The smallest absolute Gasteiger partial charge is 0.253 e. The molecule has 6 N–H and O–H groups in total. The number of benzene rings is 1. The van der Waals surface area contributed by atoms with E-state index in [-0.39, 0.29) is 24.6 Å². The molecule has 0 aromatic heterocycles. The van der Waals surface area contributed by atoms with Gasteiger partial charge in [-0.25, -0.2) is 13.6 Å². The van der Waals surface area contributed by atoms with E-state index in [1.807, 2.05) is 13.0 Å². The summed E-state index contributed by atoms with van der Waals surface area (Å²) in [7, 11) is -3.49. The fourth-order valence-electron chi connectivity index (χ4n) is 1.54. The van der Waals surface area contributed by atoms with Gasteiger partial charge in [-0.05, 0) is 25.5 Å². The summed E-state index contributed by atoms with van der Waals surface area (Å²) in [5.74, 6) is 4.85. The summed E-state index contributed by atoms with van der Waals surface area (Å²) in [6.07, 6.45) is 0.266. The third-order valence-corrected chi connectivity index (χ3v) is 3.32. The summed E-state index contributed by atoms with van der Waals surface area (Å²) < 4.78 is 21.5. The second-order valence-corrected chi connectivity index (χ2v) is 5.90. The molecule has 0 heterocycles. The number of nitrogens with one attached hydrogen (secondary N) is 2. The minimum Gasteiger partial charge on any atom is -0.352 e. The van der Waals surface area contributed by atoms with Crippen LogP contribution in [0.25, 0.3) is 0 Å². The normalized spacial score (nSPS) is 11.1. The Kier molecular flexibility index (Phi) is 5.28. The van der Waals surface area contributed by atoms with Crippen molar-refractivity contribution in [2.75, 3.05) is 17.7 Å². The van der Waals surface area contributed by atoms with Gasteiger partial charge in [-0.2, -0.15) is 0 Å². The van der Waals surface area contributed by atoms with Gasteiger partial charge in [0.15, 0.2) is 0 Å². The number of carbonyl (C=O) groups excluding carboxylic acids is 1. The number of nitrogens with two attached hydrogens (primary N) is 2. The van der Waals surface area contributed by atoms with Gasteiger partial charge < -0.3 is 10.7 Å². The molecular weight excluding hydrogens is 268 g/mol. The number of amides is 1. The molecule has 0 spiro atoms. The number of carbonyl (C=O) groups is 1. The molecule has 1 aromatic carbocycles. The molecule has 1 aromatic rings. The van der Waals surface area contributed by atoms with E-state index in [9.17, 15) is 13.2 Å². The van der Waals surface area contributed by atoms with Gasteiger partial charge >= 0.3 is 0 Å². The van der Waals surface area contributed by atoms with Crippen LogP contribution >= 0.6 is 0 Å². The van der Waals surface area contributed by atoms with E-state index in [4.69, 9.17) is 11.0 Å². The third kappa shape index (κ3) is 5.25. The molecule has 0 saturated carbocycles. The van der Waals surface area contributed by atoms with Crippen LogP contribution in [0.2, 0.25) is 0 Å². The van der Waals surface area contributed by atoms with Gasteiger partial charge in [0, 0.05) is 6.54 Å². The number of hydrogen-bond acceptors (Lipinski definition) is 5. The Balaban J connectivity index is 2.61. The van der Waals surface area contributed by atoms with Gasteiger partial charge in [-0.3, -0.25) is 10.6 Å². The van der Waals surface area contributed by atoms with E-state index in [1.165, 1.54) is 0 Å². The van der Waals surface area contributed by atoms with Crippen LogP contribution in [-0.2, 0) is 10.0 Å². The van der Waals surface area contributed by atoms with Crippen LogP contribution in [0, 0.1) is 6.92 Å². The molecule has 0 radical (unpaired) electrons. The van der Waals surface area contributed by atoms with Gasteiger partial charge in [0.05, 0.1) is 17.0 Å². The molecular formula is C11H18N4O3S. The van der Waals surface area contributed by atoms with Gasteiger partial charge in [-0.15, -0.1) is 0 Å². The predicted octanol–water partition coefficient (Wildman–Crippen LogP) is -0.311. The standard InChI is InChI=1S/C11H18N4O3S/c1-8-3-4-10(15-12)9(7-8)11(16)14-5-2-6-19(13,17)18/h3-4,7,15H,2,5-6,12H2,1H3,(H,14,16)(H2,13,17,18). The SMILES string of the molecule is Cc1ccc(NN)c(C(=O)NCCCS(N)(=O)=O)c1. The molecule has 1 amide bonds. The fourth-order valence-corrected chi connectivity index (χ4v) is 2.09. The van der Waals surface area contributed by atoms with Crippen LogP contribution in [0.3, 0.4) is 0 Å². The number of aryl methyl sites for hydroxylation is 1. The highest BCUT2D eigenvalue weighted by atomic mass is 32.2. The van der Waals surface area contributed by atoms with Crippen molar-refractivity contribution in [1.29, 1.82) is 0 Å². The zero-order chi connectivity index (χ0) is 14.5. The van der Waals surface area contributed by atoms with Crippen LogP contribution in [0.5, 0.6) is 0 Å². The van der Waals surface area contributed by atoms with Crippen molar-refractivity contribution in [1.82, 2.24) is 5.32 Å². The maximum Gasteiger partial charge on any atom is 0.253 e. The highest BCUT2D eigenvalue weighted by Crippen LogP contribution is 2.15. The van der Waals surface area contributed by atoms with E-state index in [0.717, 1.165) is 5.56 Å². The van der Waals surface area contributed by atoms with Crippen molar-refractivity contribution in [3.05, 3.63) is 29.3 Å². The molecule has 0 saturated heterocycles. The van der Waals surface area contributed by atoms with Crippen molar-refractivity contribution in [2.45, 2.75) is 13.3 Å². The Morgan fingerprint density at radius 2 is 2.05 bits per heavy atom. The minimum absolute atomic E-state index is 0.164. The fraction of sp³-hybridized carbons (Fsp3) is 0.364. The Bertz CT molecular complexity index is 557.